The molecule has 1 saturated carbocycles. The van der Waals surface area contributed by atoms with Gasteiger partial charge in [0.1, 0.15) is 11.4 Å². The maximum atomic E-state index is 6.47. The van der Waals surface area contributed by atoms with Crippen LogP contribution in [0.15, 0.2) is 18.2 Å². The minimum atomic E-state index is 0.0991. The monoisotopic (exact) mass is 371 g/mol. The number of benzene rings is 1. The van der Waals surface area contributed by atoms with Gasteiger partial charge in [0.2, 0.25) is 0 Å². The highest BCUT2D eigenvalue weighted by Crippen LogP contribution is 2.52. The maximum Gasteiger partial charge on any atom is 0.123 e. The van der Waals surface area contributed by atoms with Gasteiger partial charge in [0.25, 0.3) is 0 Å². The van der Waals surface area contributed by atoms with Crippen LogP contribution in [0.4, 0.5) is 0 Å². The predicted octanol–water partition coefficient (Wildman–Crippen LogP) is 4.08. The predicted molar refractivity (Wildman–Crippen MR) is 86.9 cm³/mol. The molecular weight excluding hydrogens is 349 g/mol. The van der Waals surface area contributed by atoms with Crippen molar-refractivity contribution in [1.82, 2.24) is 5.32 Å². The average Bonchev–Trinajstić information content (AvgIpc) is 2.70. The van der Waals surface area contributed by atoms with Gasteiger partial charge in [-0.25, -0.2) is 0 Å². The molecule has 3 rings (SSSR count). The Balaban J connectivity index is 1.94. The summed E-state index contributed by atoms with van der Waals surface area (Å²) in [5.74, 6) is 1.72. The van der Waals surface area contributed by atoms with Crippen LogP contribution in [-0.2, 0) is 0 Å². The van der Waals surface area contributed by atoms with Crippen LogP contribution in [0.3, 0.4) is 0 Å². The number of ether oxygens (including phenoxy) is 1. The van der Waals surface area contributed by atoms with Crippen LogP contribution >= 0.6 is 22.6 Å². The number of fused-ring (bicyclic) bond motifs is 1. The van der Waals surface area contributed by atoms with Crippen molar-refractivity contribution < 1.29 is 4.74 Å². The summed E-state index contributed by atoms with van der Waals surface area (Å²) in [6.07, 6.45) is 7.66. The molecule has 1 fully saturated rings. The lowest BCUT2D eigenvalue weighted by molar-refractivity contribution is 0.0264. The lowest BCUT2D eigenvalue weighted by atomic mass is 9.73. The Morgan fingerprint density at radius 2 is 2.11 bits per heavy atom. The van der Waals surface area contributed by atoms with Crippen molar-refractivity contribution in [3.63, 3.8) is 0 Å². The molecule has 104 valence electrons. The van der Waals surface area contributed by atoms with E-state index in [0.717, 1.165) is 12.3 Å². The Morgan fingerprint density at radius 3 is 2.84 bits per heavy atom. The zero-order valence-electron chi connectivity index (χ0n) is 11.5. The molecule has 0 amide bonds. The Morgan fingerprint density at radius 1 is 1.32 bits per heavy atom. The van der Waals surface area contributed by atoms with Crippen molar-refractivity contribution in [3.8, 4) is 5.75 Å². The first-order valence-corrected chi connectivity index (χ1v) is 8.46. The van der Waals surface area contributed by atoms with Crippen molar-refractivity contribution in [2.45, 2.75) is 50.0 Å². The molecule has 3 heteroatoms. The molecule has 0 aromatic heterocycles. The molecule has 1 heterocycles. The summed E-state index contributed by atoms with van der Waals surface area (Å²) < 4.78 is 7.79. The smallest absolute Gasteiger partial charge is 0.123 e. The Hall–Kier alpha value is -0.290. The molecule has 1 N–H and O–H groups in total. The van der Waals surface area contributed by atoms with Crippen LogP contribution in [0, 0.1) is 3.57 Å². The average molecular weight is 371 g/mol. The molecule has 0 bridgehead atoms. The van der Waals surface area contributed by atoms with Gasteiger partial charge in [0, 0.05) is 15.1 Å². The summed E-state index contributed by atoms with van der Waals surface area (Å²) >= 11 is 2.41. The molecule has 1 aliphatic carbocycles. The van der Waals surface area contributed by atoms with Gasteiger partial charge in [-0.3, -0.25) is 0 Å². The molecule has 2 nitrogen and oxygen atoms in total. The molecule has 19 heavy (non-hydrogen) atoms. The third-order valence-corrected chi connectivity index (χ3v) is 5.35. The highest BCUT2D eigenvalue weighted by molar-refractivity contribution is 14.1. The fourth-order valence-electron chi connectivity index (χ4n) is 3.77. The van der Waals surface area contributed by atoms with Gasteiger partial charge in [-0.2, -0.15) is 0 Å². The van der Waals surface area contributed by atoms with Crippen molar-refractivity contribution in [1.29, 1.82) is 0 Å². The molecule has 2 aliphatic rings. The fraction of sp³-hybridized carbons (Fsp3) is 0.625. The Bertz CT molecular complexity index is 454. The van der Waals surface area contributed by atoms with Crippen LogP contribution in [0.25, 0.3) is 0 Å². The van der Waals surface area contributed by atoms with Crippen LogP contribution in [0.5, 0.6) is 5.75 Å². The zero-order valence-corrected chi connectivity index (χ0v) is 13.7. The van der Waals surface area contributed by atoms with Gasteiger partial charge in [-0.1, -0.05) is 6.42 Å². The summed E-state index contributed by atoms with van der Waals surface area (Å²) in [6.45, 7) is 1.07. The summed E-state index contributed by atoms with van der Waals surface area (Å²) in [5.41, 5.74) is 1.55. The Labute approximate surface area is 129 Å². The van der Waals surface area contributed by atoms with E-state index in [9.17, 15) is 0 Å². The highest BCUT2D eigenvalue weighted by atomic mass is 127. The SMILES string of the molecule is CNCC[C@@H]1c2cc(I)ccc2OC12CCCCC2. The van der Waals surface area contributed by atoms with E-state index in [2.05, 4.69) is 46.1 Å². The Kier molecular flexibility index (Phi) is 4.03. The summed E-state index contributed by atoms with van der Waals surface area (Å²) in [6, 6.07) is 6.67. The molecule has 1 atom stereocenters. The van der Waals surface area contributed by atoms with Gasteiger partial charge in [0.05, 0.1) is 0 Å². The van der Waals surface area contributed by atoms with E-state index in [1.807, 2.05) is 7.05 Å². The standard InChI is InChI=1S/C16H22INO/c1-18-10-7-14-13-11-12(17)5-6-15(13)19-16(14)8-3-2-4-9-16/h5-6,11,14,18H,2-4,7-10H2,1H3/t14-/m1/s1. The molecule has 1 aromatic rings. The van der Waals surface area contributed by atoms with E-state index in [-0.39, 0.29) is 5.60 Å². The zero-order chi connectivity index (χ0) is 13.3. The molecule has 1 spiro atoms. The first kappa shape index (κ1) is 13.7. The number of hydrogen-bond donors (Lipinski definition) is 1. The first-order chi connectivity index (χ1) is 9.25. The second-order valence-corrected chi connectivity index (χ2v) is 7.10. The summed E-state index contributed by atoms with van der Waals surface area (Å²) in [5, 5.41) is 3.30. The van der Waals surface area contributed by atoms with E-state index < -0.39 is 0 Å². The second kappa shape index (κ2) is 5.60. The maximum absolute atomic E-state index is 6.47. The van der Waals surface area contributed by atoms with Crippen LogP contribution < -0.4 is 10.1 Å². The van der Waals surface area contributed by atoms with E-state index >= 15 is 0 Å². The molecular formula is C16H22INO. The number of hydrogen-bond acceptors (Lipinski definition) is 2. The summed E-state index contributed by atoms with van der Waals surface area (Å²) in [4.78, 5) is 0. The quantitative estimate of drug-likeness (QED) is 0.809. The molecule has 0 radical (unpaired) electrons. The normalized spacial score (nSPS) is 24.2. The summed E-state index contributed by atoms with van der Waals surface area (Å²) in [7, 11) is 2.04. The van der Waals surface area contributed by atoms with Gasteiger partial charge < -0.3 is 10.1 Å². The highest BCUT2D eigenvalue weighted by Gasteiger charge is 2.48. The van der Waals surface area contributed by atoms with Gasteiger partial charge in [-0.15, -0.1) is 0 Å². The van der Waals surface area contributed by atoms with E-state index in [1.54, 1.807) is 0 Å². The van der Waals surface area contributed by atoms with Crippen molar-refractivity contribution in [2.24, 2.45) is 0 Å². The van der Waals surface area contributed by atoms with Crippen molar-refractivity contribution in [2.75, 3.05) is 13.6 Å². The van der Waals surface area contributed by atoms with Crippen LogP contribution in [0.1, 0.15) is 50.0 Å². The third-order valence-electron chi connectivity index (χ3n) is 4.68. The number of nitrogens with one attached hydrogen (secondary N) is 1. The molecule has 0 saturated heterocycles. The van der Waals surface area contributed by atoms with Gasteiger partial charge >= 0.3 is 0 Å². The number of halogens is 1. The van der Waals surface area contributed by atoms with Crippen LogP contribution in [-0.4, -0.2) is 19.2 Å². The van der Waals surface area contributed by atoms with Gasteiger partial charge in [-0.05, 0) is 86.5 Å². The minimum Gasteiger partial charge on any atom is -0.486 e. The largest absolute Gasteiger partial charge is 0.486 e. The molecule has 1 aliphatic heterocycles. The third kappa shape index (κ3) is 2.51. The van der Waals surface area contributed by atoms with Crippen molar-refractivity contribution >= 4 is 22.6 Å². The lowest BCUT2D eigenvalue weighted by Gasteiger charge is -2.38. The number of rotatable bonds is 3. The topological polar surface area (TPSA) is 21.3 Å². The van der Waals surface area contributed by atoms with Crippen molar-refractivity contribution in [3.05, 3.63) is 27.3 Å². The van der Waals surface area contributed by atoms with Crippen LogP contribution in [0.2, 0.25) is 0 Å². The molecule has 1 aromatic carbocycles. The molecule has 0 unspecified atom stereocenters. The second-order valence-electron chi connectivity index (χ2n) is 5.85. The van der Waals surface area contributed by atoms with E-state index in [4.69, 9.17) is 4.74 Å². The van der Waals surface area contributed by atoms with E-state index in [1.165, 1.54) is 47.7 Å². The minimum absolute atomic E-state index is 0.0991. The lowest BCUT2D eigenvalue weighted by Crippen LogP contribution is -2.41. The van der Waals surface area contributed by atoms with E-state index in [0.29, 0.717) is 5.92 Å². The first-order valence-electron chi connectivity index (χ1n) is 7.38. The van der Waals surface area contributed by atoms with Gasteiger partial charge in [0.15, 0.2) is 0 Å². The fourth-order valence-corrected chi connectivity index (χ4v) is 4.28.